The van der Waals surface area contributed by atoms with Crippen molar-refractivity contribution in [1.29, 1.82) is 0 Å². The number of pyridine rings is 2. The highest BCUT2D eigenvalue weighted by molar-refractivity contribution is 5.92. The van der Waals surface area contributed by atoms with Crippen LogP contribution in [0.1, 0.15) is 21.9 Å². The number of benzene rings is 1. The minimum atomic E-state index is -0.238. The molecule has 1 aromatic carbocycles. The quantitative estimate of drug-likeness (QED) is 0.514. The first-order chi connectivity index (χ1) is 13.7. The normalized spacial score (nSPS) is 10.8. The first kappa shape index (κ1) is 17.7. The predicted octanol–water partition coefficient (Wildman–Crippen LogP) is 3.47. The predicted molar refractivity (Wildman–Crippen MR) is 103 cm³/mol. The zero-order valence-corrected chi connectivity index (χ0v) is 15.3. The summed E-state index contributed by atoms with van der Waals surface area (Å²) in [5, 5.41) is 4.85. The van der Waals surface area contributed by atoms with E-state index in [-0.39, 0.29) is 18.2 Å². The highest BCUT2D eigenvalue weighted by atomic mass is 16.5. The van der Waals surface area contributed by atoms with Gasteiger partial charge in [0.1, 0.15) is 12.4 Å². The van der Waals surface area contributed by atoms with Gasteiger partial charge in [-0.05, 0) is 36.4 Å². The van der Waals surface area contributed by atoms with E-state index in [1.54, 1.807) is 30.4 Å². The molecule has 0 fully saturated rings. The minimum Gasteiger partial charge on any atom is -0.486 e. The van der Waals surface area contributed by atoms with Crippen molar-refractivity contribution in [3.63, 3.8) is 0 Å². The van der Waals surface area contributed by atoms with Crippen molar-refractivity contribution < 1.29 is 14.1 Å². The van der Waals surface area contributed by atoms with Gasteiger partial charge in [0, 0.05) is 30.9 Å². The second kappa shape index (κ2) is 7.87. The van der Waals surface area contributed by atoms with Gasteiger partial charge in [0.2, 0.25) is 0 Å². The van der Waals surface area contributed by atoms with Crippen LogP contribution in [0, 0.1) is 0 Å². The Bertz CT molecular complexity index is 1090. The molecule has 7 heteroatoms. The van der Waals surface area contributed by atoms with Crippen LogP contribution in [0.15, 0.2) is 71.5 Å². The van der Waals surface area contributed by atoms with Crippen LogP contribution in [-0.2, 0) is 13.2 Å². The maximum absolute atomic E-state index is 12.5. The van der Waals surface area contributed by atoms with Crippen LogP contribution < -0.4 is 4.74 Å². The number of carbonyl (C=O) groups is 1. The van der Waals surface area contributed by atoms with E-state index in [0.717, 1.165) is 16.6 Å². The zero-order chi connectivity index (χ0) is 19.3. The second-order valence-electron chi connectivity index (χ2n) is 6.31. The molecule has 0 spiro atoms. The molecule has 140 valence electrons. The summed E-state index contributed by atoms with van der Waals surface area (Å²) in [6.07, 6.45) is 3.45. The molecule has 0 aliphatic carbocycles. The zero-order valence-electron chi connectivity index (χ0n) is 15.3. The number of nitrogens with zero attached hydrogens (tertiary/aromatic N) is 4. The molecule has 1 amide bonds. The van der Waals surface area contributed by atoms with Crippen LogP contribution in [0.3, 0.4) is 0 Å². The van der Waals surface area contributed by atoms with E-state index in [1.165, 1.54) is 0 Å². The number of carbonyl (C=O) groups excluding carboxylic acids is 1. The molecule has 0 saturated carbocycles. The van der Waals surface area contributed by atoms with Crippen molar-refractivity contribution >= 4 is 16.8 Å². The van der Waals surface area contributed by atoms with Gasteiger partial charge < -0.3 is 14.2 Å². The van der Waals surface area contributed by atoms with Crippen molar-refractivity contribution in [2.45, 2.75) is 13.2 Å². The molecular weight excluding hydrogens is 356 g/mol. The molecule has 28 heavy (non-hydrogen) atoms. The third kappa shape index (κ3) is 3.98. The van der Waals surface area contributed by atoms with E-state index in [4.69, 9.17) is 9.26 Å². The van der Waals surface area contributed by atoms with E-state index in [0.29, 0.717) is 18.1 Å². The highest BCUT2D eigenvalue weighted by Gasteiger charge is 2.17. The molecule has 0 saturated heterocycles. The Balaban J connectivity index is 1.38. The molecule has 7 nitrogen and oxygen atoms in total. The van der Waals surface area contributed by atoms with Gasteiger partial charge in [-0.1, -0.05) is 17.3 Å². The Morgan fingerprint density at radius 2 is 1.96 bits per heavy atom. The fourth-order valence-electron chi connectivity index (χ4n) is 2.78. The van der Waals surface area contributed by atoms with Crippen molar-refractivity contribution in [2.24, 2.45) is 0 Å². The van der Waals surface area contributed by atoms with Crippen LogP contribution in [0.5, 0.6) is 5.75 Å². The van der Waals surface area contributed by atoms with Crippen LogP contribution in [-0.4, -0.2) is 33.0 Å². The molecule has 0 N–H and O–H groups in total. The van der Waals surface area contributed by atoms with Gasteiger partial charge in [-0.2, -0.15) is 0 Å². The Morgan fingerprint density at radius 3 is 2.82 bits per heavy atom. The lowest BCUT2D eigenvalue weighted by atomic mass is 10.2. The average Bonchev–Trinajstić information content (AvgIpc) is 3.21. The van der Waals surface area contributed by atoms with E-state index < -0.39 is 0 Å². The fraction of sp³-hybridized carbons (Fsp3) is 0.143. The molecule has 0 radical (unpaired) electrons. The third-order valence-corrected chi connectivity index (χ3v) is 4.21. The van der Waals surface area contributed by atoms with E-state index in [2.05, 4.69) is 15.1 Å². The number of fused-ring (bicyclic) bond motifs is 1. The summed E-state index contributed by atoms with van der Waals surface area (Å²) >= 11 is 0. The van der Waals surface area contributed by atoms with Gasteiger partial charge in [0.05, 0.1) is 17.8 Å². The largest absolute Gasteiger partial charge is 0.486 e. The SMILES string of the molecule is CN(Cc1ccccn1)C(=O)c1cc(COc2ccc3ncccc3c2)on1. The summed E-state index contributed by atoms with van der Waals surface area (Å²) in [7, 11) is 1.70. The topological polar surface area (TPSA) is 81.4 Å². The second-order valence-corrected chi connectivity index (χ2v) is 6.31. The van der Waals surface area contributed by atoms with Crippen molar-refractivity contribution in [3.05, 3.63) is 84.1 Å². The minimum absolute atomic E-state index is 0.177. The molecule has 3 aromatic heterocycles. The lowest BCUT2D eigenvalue weighted by Crippen LogP contribution is -2.26. The number of amides is 1. The van der Waals surface area contributed by atoms with Gasteiger partial charge in [-0.3, -0.25) is 14.8 Å². The summed E-state index contributed by atoms with van der Waals surface area (Å²) < 4.78 is 11.0. The maximum atomic E-state index is 12.5. The number of rotatable bonds is 6. The Hall–Kier alpha value is -3.74. The number of hydrogen-bond donors (Lipinski definition) is 0. The molecule has 4 aromatic rings. The molecule has 3 heterocycles. The molecule has 0 atom stereocenters. The Kier molecular flexibility index (Phi) is 4.97. The Morgan fingerprint density at radius 1 is 1.07 bits per heavy atom. The molecule has 4 rings (SSSR count). The lowest BCUT2D eigenvalue weighted by molar-refractivity contribution is 0.0772. The van der Waals surface area contributed by atoms with Gasteiger partial charge in [-0.25, -0.2) is 0 Å². The van der Waals surface area contributed by atoms with Gasteiger partial charge in [0.25, 0.3) is 5.91 Å². The van der Waals surface area contributed by atoms with E-state index >= 15 is 0 Å². The molecule has 0 aliphatic rings. The lowest BCUT2D eigenvalue weighted by Gasteiger charge is -2.14. The van der Waals surface area contributed by atoms with Gasteiger partial charge in [0.15, 0.2) is 11.5 Å². The summed E-state index contributed by atoms with van der Waals surface area (Å²) in [5.41, 5.74) is 1.94. The number of ether oxygens (including phenoxy) is 1. The van der Waals surface area contributed by atoms with Crippen LogP contribution >= 0.6 is 0 Å². The van der Waals surface area contributed by atoms with Gasteiger partial charge in [-0.15, -0.1) is 0 Å². The monoisotopic (exact) mass is 374 g/mol. The van der Waals surface area contributed by atoms with Crippen LogP contribution in [0.2, 0.25) is 0 Å². The molecular formula is C21H18N4O3. The number of aromatic nitrogens is 3. The smallest absolute Gasteiger partial charge is 0.276 e. The molecule has 0 unspecified atom stereocenters. The standard InChI is InChI=1S/C21H18N4O3/c1-25(13-16-6-2-3-9-22-16)21(26)20-12-18(28-24-20)14-27-17-7-8-19-15(11-17)5-4-10-23-19/h2-12H,13-14H2,1H3. The van der Waals surface area contributed by atoms with Crippen LogP contribution in [0.4, 0.5) is 0 Å². The van der Waals surface area contributed by atoms with Gasteiger partial charge >= 0.3 is 0 Å². The first-order valence-corrected chi connectivity index (χ1v) is 8.77. The fourth-order valence-corrected chi connectivity index (χ4v) is 2.78. The Labute approximate surface area is 161 Å². The van der Waals surface area contributed by atoms with E-state index in [9.17, 15) is 4.79 Å². The molecule has 0 aliphatic heterocycles. The van der Waals surface area contributed by atoms with E-state index in [1.807, 2.05) is 48.5 Å². The summed E-state index contributed by atoms with van der Waals surface area (Å²) in [5.74, 6) is 0.926. The van der Waals surface area contributed by atoms with Crippen LogP contribution in [0.25, 0.3) is 10.9 Å². The van der Waals surface area contributed by atoms with Crippen molar-refractivity contribution in [2.75, 3.05) is 7.05 Å². The summed E-state index contributed by atoms with van der Waals surface area (Å²) in [4.78, 5) is 22.6. The van der Waals surface area contributed by atoms with Crippen molar-refractivity contribution in [3.8, 4) is 5.75 Å². The number of hydrogen-bond acceptors (Lipinski definition) is 6. The third-order valence-electron chi connectivity index (χ3n) is 4.21. The van der Waals surface area contributed by atoms with Crippen molar-refractivity contribution in [1.82, 2.24) is 20.0 Å². The molecule has 0 bridgehead atoms. The highest BCUT2D eigenvalue weighted by Crippen LogP contribution is 2.20. The average molecular weight is 374 g/mol. The maximum Gasteiger partial charge on any atom is 0.276 e. The summed E-state index contributed by atoms with van der Waals surface area (Å²) in [6, 6.07) is 16.7. The first-order valence-electron chi connectivity index (χ1n) is 8.77. The summed E-state index contributed by atoms with van der Waals surface area (Å²) in [6.45, 7) is 0.569.